The molecular formula is C11H12BrFO2. The summed E-state index contributed by atoms with van der Waals surface area (Å²) in [5, 5.41) is 9.08. The lowest BCUT2D eigenvalue weighted by Crippen LogP contribution is -2.03. The molecule has 4 heteroatoms. The lowest BCUT2D eigenvalue weighted by atomic mass is 10.2. The molecule has 0 radical (unpaired) electrons. The molecule has 0 aliphatic heterocycles. The van der Waals surface area contributed by atoms with Gasteiger partial charge >= 0.3 is 0 Å². The van der Waals surface area contributed by atoms with E-state index in [1.54, 1.807) is 0 Å². The van der Waals surface area contributed by atoms with E-state index in [4.69, 9.17) is 9.84 Å². The van der Waals surface area contributed by atoms with Crippen LogP contribution in [0.1, 0.15) is 18.4 Å². The van der Waals surface area contributed by atoms with Crippen molar-refractivity contribution in [3.8, 4) is 5.75 Å². The molecule has 0 atom stereocenters. The van der Waals surface area contributed by atoms with Crippen molar-refractivity contribution in [2.24, 2.45) is 5.92 Å². The fraction of sp³-hybridized carbons (Fsp3) is 0.455. The van der Waals surface area contributed by atoms with Crippen molar-refractivity contribution >= 4 is 15.9 Å². The van der Waals surface area contributed by atoms with E-state index in [2.05, 4.69) is 15.9 Å². The van der Waals surface area contributed by atoms with Crippen LogP contribution in [0.25, 0.3) is 0 Å². The fourth-order valence-corrected chi connectivity index (χ4v) is 1.97. The highest BCUT2D eigenvalue weighted by atomic mass is 79.9. The number of benzene rings is 1. The van der Waals surface area contributed by atoms with E-state index in [-0.39, 0.29) is 12.4 Å². The number of halogens is 2. The Bertz CT molecular complexity index is 364. The standard InChI is InChI=1S/C11H12BrFO2/c12-10-4-9(13)3-8(5-14)11(10)15-6-7-1-2-7/h3-4,7,14H,1-2,5-6H2. The lowest BCUT2D eigenvalue weighted by molar-refractivity contribution is 0.256. The summed E-state index contributed by atoms with van der Waals surface area (Å²) in [7, 11) is 0. The summed E-state index contributed by atoms with van der Waals surface area (Å²) in [5.41, 5.74) is 0.488. The van der Waals surface area contributed by atoms with Crippen molar-refractivity contribution in [3.05, 3.63) is 28.0 Å². The van der Waals surface area contributed by atoms with Gasteiger partial charge < -0.3 is 9.84 Å². The van der Waals surface area contributed by atoms with Gasteiger partial charge in [-0.1, -0.05) is 0 Å². The third-order valence-electron chi connectivity index (χ3n) is 2.42. The van der Waals surface area contributed by atoms with Crippen molar-refractivity contribution in [1.82, 2.24) is 0 Å². The minimum Gasteiger partial charge on any atom is -0.492 e. The molecule has 0 bridgehead atoms. The van der Waals surface area contributed by atoms with E-state index in [1.165, 1.54) is 25.0 Å². The summed E-state index contributed by atoms with van der Waals surface area (Å²) in [4.78, 5) is 0. The van der Waals surface area contributed by atoms with Crippen LogP contribution in [0.5, 0.6) is 5.75 Å². The first-order chi connectivity index (χ1) is 7.20. The molecular weight excluding hydrogens is 263 g/mol. The second kappa shape index (κ2) is 4.49. The predicted molar refractivity (Wildman–Crippen MR) is 58.2 cm³/mol. The molecule has 1 saturated carbocycles. The highest BCUT2D eigenvalue weighted by molar-refractivity contribution is 9.10. The molecule has 1 aromatic rings. The normalized spacial score (nSPS) is 15.4. The van der Waals surface area contributed by atoms with Crippen LogP contribution in [-0.4, -0.2) is 11.7 Å². The molecule has 2 nitrogen and oxygen atoms in total. The minimum absolute atomic E-state index is 0.212. The number of aliphatic hydroxyl groups is 1. The lowest BCUT2D eigenvalue weighted by Gasteiger charge is -2.11. The maximum absolute atomic E-state index is 13.0. The van der Waals surface area contributed by atoms with Crippen LogP contribution in [0.4, 0.5) is 4.39 Å². The zero-order chi connectivity index (χ0) is 10.8. The summed E-state index contributed by atoms with van der Waals surface area (Å²) >= 11 is 3.23. The molecule has 0 spiro atoms. The zero-order valence-electron chi connectivity index (χ0n) is 8.17. The molecule has 82 valence electrons. The summed E-state index contributed by atoms with van der Waals surface area (Å²) in [5.74, 6) is 0.823. The summed E-state index contributed by atoms with van der Waals surface area (Å²) in [6.07, 6.45) is 2.40. The van der Waals surface area contributed by atoms with Crippen molar-refractivity contribution in [3.63, 3.8) is 0 Å². The minimum atomic E-state index is -0.371. The molecule has 0 amide bonds. The molecule has 1 fully saturated rings. The number of hydrogen-bond acceptors (Lipinski definition) is 2. The van der Waals surface area contributed by atoms with Crippen LogP contribution in [0.2, 0.25) is 0 Å². The molecule has 0 saturated heterocycles. The summed E-state index contributed by atoms with van der Waals surface area (Å²) in [6.45, 7) is 0.438. The fourth-order valence-electron chi connectivity index (χ4n) is 1.38. The van der Waals surface area contributed by atoms with Gasteiger partial charge in [0.15, 0.2) is 0 Å². The molecule has 15 heavy (non-hydrogen) atoms. The van der Waals surface area contributed by atoms with E-state index in [0.29, 0.717) is 28.3 Å². The van der Waals surface area contributed by atoms with Crippen LogP contribution >= 0.6 is 15.9 Å². The van der Waals surface area contributed by atoms with Gasteiger partial charge in [0, 0.05) is 5.56 Å². The van der Waals surface area contributed by atoms with Crippen molar-refractivity contribution in [2.75, 3.05) is 6.61 Å². The Hall–Kier alpha value is -0.610. The maximum atomic E-state index is 13.0. The Morgan fingerprint density at radius 3 is 2.80 bits per heavy atom. The van der Waals surface area contributed by atoms with Crippen molar-refractivity contribution in [1.29, 1.82) is 0 Å². The predicted octanol–water partition coefficient (Wildman–Crippen LogP) is 2.87. The Morgan fingerprint density at radius 2 is 2.20 bits per heavy atom. The quantitative estimate of drug-likeness (QED) is 0.915. The highest BCUT2D eigenvalue weighted by Gasteiger charge is 2.23. The van der Waals surface area contributed by atoms with Crippen molar-refractivity contribution < 1.29 is 14.2 Å². The third-order valence-corrected chi connectivity index (χ3v) is 3.00. The Labute approximate surface area is 96.2 Å². The second-order valence-electron chi connectivity index (χ2n) is 3.79. The highest BCUT2D eigenvalue weighted by Crippen LogP contribution is 2.34. The number of aliphatic hydroxyl groups excluding tert-OH is 1. The Balaban J connectivity index is 2.17. The van der Waals surface area contributed by atoms with Gasteiger partial charge in [-0.05, 0) is 46.8 Å². The van der Waals surface area contributed by atoms with Crippen LogP contribution in [0.15, 0.2) is 16.6 Å². The first-order valence-electron chi connectivity index (χ1n) is 4.92. The average molecular weight is 275 g/mol. The molecule has 0 heterocycles. The van der Waals surface area contributed by atoms with E-state index in [1.807, 2.05) is 0 Å². The van der Waals surface area contributed by atoms with Gasteiger partial charge in [0.1, 0.15) is 11.6 Å². The van der Waals surface area contributed by atoms with Gasteiger partial charge in [-0.2, -0.15) is 0 Å². The second-order valence-corrected chi connectivity index (χ2v) is 4.64. The number of ether oxygens (including phenoxy) is 1. The van der Waals surface area contributed by atoms with Crippen LogP contribution in [0, 0.1) is 11.7 Å². The van der Waals surface area contributed by atoms with E-state index in [9.17, 15) is 4.39 Å². The number of rotatable bonds is 4. The molecule has 1 N–H and O–H groups in total. The smallest absolute Gasteiger partial charge is 0.139 e. The van der Waals surface area contributed by atoms with Gasteiger partial charge in [-0.25, -0.2) is 4.39 Å². The van der Waals surface area contributed by atoms with Gasteiger partial charge in [0.2, 0.25) is 0 Å². The molecule has 1 aliphatic rings. The van der Waals surface area contributed by atoms with Gasteiger partial charge in [-0.15, -0.1) is 0 Å². The summed E-state index contributed by atoms with van der Waals surface area (Å²) in [6, 6.07) is 2.65. The van der Waals surface area contributed by atoms with E-state index >= 15 is 0 Å². The molecule has 0 unspecified atom stereocenters. The monoisotopic (exact) mass is 274 g/mol. The molecule has 0 aromatic heterocycles. The average Bonchev–Trinajstić information content (AvgIpc) is 2.99. The van der Waals surface area contributed by atoms with E-state index < -0.39 is 0 Å². The molecule has 1 aliphatic carbocycles. The van der Waals surface area contributed by atoms with Crippen LogP contribution in [-0.2, 0) is 6.61 Å². The van der Waals surface area contributed by atoms with Gasteiger partial charge in [-0.3, -0.25) is 0 Å². The molecule has 2 rings (SSSR count). The van der Waals surface area contributed by atoms with E-state index in [0.717, 1.165) is 0 Å². The van der Waals surface area contributed by atoms with Crippen molar-refractivity contribution in [2.45, 2.75) is 19.4 Å². The molecule has 1 aromatic carbocycles. The maximum Gasteiger partial charge on any atom is 0.139 e. The third kappa shape index (κ3) is 2.69. The first kappa shape index (κ1) is 10.9. The Morgan fingerprint density at radius 1 is 1.47 bits per heavy atom. The largest absolute Gasteiger partial charge is 0.492 e. The van der Waals surface area contributed by atoms with Gasteiger partial charge in [0.05, 0.1) is 17.7 Å². The Kier molecular flexibility index (Phi) is 3.26. The zero-order valence-corrected chi connectivity index (χ0v) is 9.76. The van der Waals surface area contributed by atoms with Gasteiger partial charge in [0.25, 0.3) is 0 Å². The first-order valence-corrected chi connectivity index (χ1v) is 5.71. The summed E-state index contributed by atoms with van der Waals surface area (Å²) < 4.78 is 19.1. The topological polar surface area (TPSA) is 29.5 Å². The van der Waals surface area contributed by atoms with Crippen LogP contribution < -0.4 is 4.74 Å². The number of hydrogen-bond donors (Lipinski definition) is 1. The van der Waals surface area contributed by atoms with Crippen LogP contribution in [0.3, 0.4) is 0 Å². The SMILES string of the molecule is OCc1cc(F)cc(Br)c1OCC1CC1.